The summed E-state index contributed by atoms with van der Waals surface area (Å²) in [4.78, 5) is 10.0. The van der Waals surface area contributed by atoms with E-state index in [2.05, 4.69) is 134 Å². The van der Waals surface area contributed by atoms with E-state index in [1.807, 2.05) is 50.4 Å². The molecule has 3 aliphatic carbocycles. The number of nitrogens with one attached hydrogen (secondary N) is 1. The number of hydrogen-bond donors (Lipinski definition) is 1. The Morgan fingerprint density at radius 2 is 1.50 bits per heavy atom. The van der Waals surface area contributed by atoms with Crippen LogP contribution in [0.5, 0.6) is 0 Å². The monoisotopic (exact) mass is 623 g/mol. The molecular formula is C45H41N3. The number of hydrogen-bond acceptors (Lipinski definition) is 3. The fraction of sp³-hybridized carbons (Fsp3) is 0.156. The number of aliphatic imine (C=N–C) groups is 1. The van der Waals surface area contributed by atoms with Gasteiger partial charge in [0.05, 0.1) is 5.69 Å². The van der Waals surface area contributed by atoms with Crippen molar-refractivity contribution < 1.29 is 0 Å². The lowest BCUT2D eigenvalue weighted by Gasteiger charge is -2.32. The van der Waals surface area contributed by atoms with Crippen LogP contribution in [0.4, 0.5) is 0 Å². The van der Waals surface area contributed by atoms with Crippen LogP contribution in [-0.2, 0) is 0 Å². The van der Waals surface area contributed by atoms with Gasteiger partial charge in [-0.25, -0.2) is 0 Å². The lowest BCUT2D eigenvalue weighted by molar-refractivity contribution is 0.670. The quantitative estimate of drug-likeness (QED) is 0.176. The van der Waals surface area contributed by atoms with E-state index in [0.29, 0.717) is 5.92 Å². The molecule has 48 heavy (non-hydrogen) atoms. The summed E-state index contributed by atoms with van der Waals surface area (Å²) in [5.41, 5.74) is 11.3. The summed E-state index contributed by atoms with van der Waals surface area (Å²) in [5.74, 6) is 0.477. The molecule has 4 aromatic carbocycles. The van der Waals surface area contributed by atoms with Crippen LogP contribution in [-0.4, -0.2) is 10.7 Å². The van der Waals surface area contributed by atoms with Gasteiger partial charge in [0.25, 0.3) is 0 Å². The second kappa shape index (κ2) is 13.3. The lowest BCUT2D eigenvalue weighted by atomic mass is 9.71. The van der Waals surface area contributed by atoms with Gasteiger partial charge in [0.15, 0.2) is 0 Å². The number of fused-ring (bicyclic) bond motifs is 1. The molecule has 0 radical (unpaired) electrons. The molecule has 0 saturated heterocycles. The number of aromatic nitrogens is 1. The Balaban J connectivity index is 0.00000179. The van der Waals surface area contributed by atoms with Gasteiger partial charge in [-0.05, 0) is 86.9 Å². The minimum absolute atomic E-state index is 0.0554. The van der Waals surface area contributed by atoms with Crippen molar-refractivity contribution >= 4 is 22.6 Å². The van der Waals surface area contributed by atoms with E-state index in [1.54, 1.807) is 0 Å². The first-order chi connectivity index (χ1) is 23.6. The van der Waals surface area contributed by atoms with Gasteiger partial charge in [-0.2, -0.15) is 0 Å². The maximum absolute atomic E-state index is 5.14. The van der Waals surface area contributed by atoms with Crippen molar-refractivity contribution in [1.29, 1.82) is 0 Å². The van der Waals surface area contributed by atoms with Gasteiger partial charge in [0.1, 0.15) is 6.17 Å². The standard InChI is InChI=1S/C43H35N3.C2H6/c1-29(31-15-5-3-6-16-31)45-42(32-17-7-4-8-18-32)46-30(2)33-19-13-20-34(27-33)40-36-22-9-10-23-37(36)41(39-25-11-12-26-44-39)43-28-35(43)21-14-24-38(40)43;1-2/h3-27,35,42,46H,2,28H2,1H3;1-2H3/b45-29+;. The van der Waals surface area contributed by atoms with Crippen molar-refractivity contribution in [3.8, 4) is 0 Å². The minimum Gasteiger partial charge on any atom is -0.360 e. The molecule has 3 aliphatic rings. The molecule has 3 atom stereocenters. The van der Waals surface area contributed by atoms with E-state index in [0.717, 1.165) is 40.2 Å². The van der Waals surface area contributed by atoms with E-state index >= 15 is 0 Å². The Morgan fingerprint density at radius 1 is 0.812 bits per heavy atom. The Hall–Kier alpha value is -5.54. The normalized spacial score (nSPS) is 19.4. The van der Waals surface area contributed by atoms with E-state index in [1.165, 1.54) is 32.7 Å². The maximum atomic E-state index is 5.14. The van der Waals surface area contributed by atoms with Gasteiger partial charge in [0, 0.05) is 23.0 Å². The first kappa shape index (κ1) is 31.1. The Kier molecular flexibility index (Phi) is 8.61. The largest absolute Gasteiger partial charge is 0.360 e. The van der Waals surface area contributed by atoms with Gasteiger partial charge in [-0.1, -0.05) is 148 Å². The first-order valence-corrected chi connectivity index (χ1v) is 17.0. The van der Waals surface area contributed by atoms with Gasteiger partial charge >= 0.3 is 0 Å². The Morgan fingerprint density at radius 3 is 2.25 bits per heavy atom. The third-order valence-electron chi connectivity index (χ3n) is 9.64. The molecule has 236 valence electrons. The summed E-state index contributed by atoms with van der Waals surface area (Å²) < 4.78 is 0. The summed E-state index contributed by atoms with van der Waals surface area (Å²) in [5, 5.41) is 6.20. The Bertz CT molecular complexity index is 2180. The number of pyridine rings is 1. The van der Waals surface area contributed by atoms with Crippen LogP contribution in [0.15, 0.2) is 169 Å². The number of rotatable bonds is 8. The second-order valence-electron chi connectivity index (χ2n) is 12.4. The van der Waals surface area contributed by atoms with E-state index in [9.17, 15) is 0 Å². The molecule has 3 heteroatoms. The fourth-order valence-corrected chi connectivity index (χ4v) is 7.37. The highest BCUT2D eigenvalue weighted by Crippen LogP contribution is 2.68. The molecule has 1 aromatic heterocycles. The van der Waals surface area contributed by atoms with Gasteiger partial charge in [-0.15, -0.1) is 0 Å². The molecule has 5 aromatic rings. The van der Waals surface area contributed by atoms with E-state index in [4.69, 9.17) is 9.98 Å². The molecule has 0 bridgehead atoms. The van der Waals surface area contributed by atoms with Crippen molar-refractivity contribution in [2.24, 2.45) is 16.3 Å². The van der Waals surface area contributed by atoms with Gasteiger partial charge in [-0.3, -0.25) is 9.98 Å². The van der Waals surface area contributed by atoms with Crippen molar-refractivity contribution in [2.75, 3.05) is 0 Å². The van der Waals surface area contributed by atoms with Crippen LogP contribution in [0.1, 0.15) is 61.3 Å². The molecule has 1 heterocycles. The predicted octanol–water partition coefficient (Wildman–Crippen LogP) is 8.79. The third kappa shape index (κ3) is 5.56. The van der Waals surface area contributed by atoms with E-state index in [-0.39, 0.29) is 11.6 Å². The molecule has 0 amide bonds. The Labute approximate surface area is 284 Å². The summed E-state index contributed by atoms with van der Waals surface area (Å²) >= 11 is 0. The number of nitrogens with zero attached hydrogens (tertiary/aromatic N) is 2. The summed E-state index contributed by atoms with van der Waals surface area (Å²) in [6, 6.07) is 44.6. The van der Waals surface area contributed by atoms with Crippen LogP contribution < -0.4 is 15.8 Å². The molecule has 1 spiro atoms. The molecule has 3 unspecified atom stereocenters. The third-order valence-corrected chi connectivity index (χ3v) is 9.64. The fourth-order valence-electron chi connectivity index (χ4n) is 7.37. The molecule has 1 fully saturated rings. The van der Waals surface area contributed by atoms with Crippen molar-refractivity contribution in [3.05, 3.63) is 202 Å². The van der Waals surface area contributed by atoms with Crippen LogP contribution in [0, 0.1) is 11.3 Å². The predicted molar refractivity (Wildman–Crippen MR) is 201 cm³/mol. The highest BCUT2D eigenvalue weighted by atomic mass is 15.1. The van der Waals surface area contributed by atoms with Crippen LogP contribution in [0.3, 0.4) is 0 Å². The average molecular weight is 624 g/mol. The zero-order chi connectivity index (χ0) is 33.1. The molecule has 1 N–H and O–H groups in total. The van der Waals surface area contributed by atoms with Gasteiger partial charge in [0.2, 0.25) is 0 Å². The lowest BCUT2D eigenvalue weighted by Crippen LogP contribution is -2.39. The van der Waals surface area contributed by atoms with Crippen molar-refractivity contribution in [2.45, 2.75) is 33.4 Å². The topological polar surface area (TPSA) is 37.3 Å². The highest BCUT2D eigenvalue weighted by Gasteiger charge is 2.60. The smallest absolute Gasteiger partial charge is 0.145 e. The first-order valence-electron chi connectivity index (χ1n) is 17.0. The maximum Gasteiger partial charge on any atom is 0.145 e. The number of allylic oxidation sites excluding steroid dienone is 4. The summed E-state index contributed by atoms with van der Waals surface area (Å²) in [6.07, 6.45) is 9.70. The SMILES string of the molecule is C=C(NC(/N=C(\C)c1ccccc1)c1ccccc1)c1cccc(C2=c3ccccc3=C(c3ccccn3)C34CC3C=CC=C24)c1.CC. The highest BCUT2D eigenvalue weighted by molar-refractivity contribution is 5.99. The zero-order valence-corrected chi connectivity index (χ0v) is 27.9. The molecule has 1 saturated carbocycles. The van der Waals surface area contributed by atoms with Crippen LogP contribution in [0.2, 0.25) is 0 Å². The van der Waals surface area contributed by atoms with Crippen molar-refractivity contribution in [3.63, 3.8) is 0 Å². The summed E-state index contributed by atoms with van der Waals surface area (Å²) in [7, 11) is 0. The van der Waals surface area contributed by atoms with Crippen molar-refractivity contribution in [1.82, 2.24) is 10.3 Å². The molecular weight excluding hydrogens is 583 g/mol. The van der Waals surface area contributed by atoms with E-state index < -0.39 is 0 Å². The van der Waals surface area contributed by atoms with Gasteiger partial charge < -0.3 is 5.32 Å². The van der Waals surface area contributed by atoms with Crippen LogP contribution >= 0.6 is 0 Å². The molecule has 3 nitrogen and oxygen atoms in total. The summed E-state index contributed by atoms with van der Waals surface area (Å²) in [6.45, 7) is 10.6. The zero-order valence-electron chi connectivity index (χ0n) is 27.9. The second-order valence-corrected chi connectivity index (χ2v) is 12.4. The minimum atomic E-state index is -0.280. The number of benzene rings is 4. The van der Waals surface area contributed by atoms with Crippen LogP contribution in [0.25, 0.3) is 16.8 Å². The molecule has 8 rings (SSSR count). The average Bonchev–Trinajstić information content (AvgIpc) is 3.90. The molecule has 0 aliphatic heterocycles.